The van der Waals surface area contributed by atoms with Crippen LogP contribution in [0.25, 0.3) is 0 Å². The number of hydrogen-bond acceptors (Lipinski definition) is 9. The van der Waals surface area contributed by atoms with E-state index in [1.807, 2.05) is 26.0 Å². The van der Waals surface area contributed by atoms with Crippen molar-refractivity contribution in [3.05, 3.63) is 35.1 Å². The summed E-state index contributed by atoms with van der Waals surface area (Å²) in [6.07, 6.45) is 3.67. The summed E-state index contributed by atoms with van der Waals surface area (Å²) >= 11 is 0. The monoisotopic (exact) mass is 598 g/mol. The minimum Gasteiger partial charge on any atom is -0.493 e. The predicted octanol–water partition coefficient (Wildman–Crippen LogP) is 2.60. The van der Waals surface area contributed by atoms with Gasteiger partial charge in [-0.15, -0.1) is 0 Å². The summed E-state index contributed by atoms with van der Waals surface area (Å²) in [7, 11) is 1.57. The van der Waals surface area contributed by atoms with E-state index >= 15 is 0 Å². The van der Waals surface area contributed by atoms with Crippen molar-refractivity contribution < 1.29 is 43.2 Å². The Labute approximate surface area is 251 Å². The molecule has 6 atom stereocenters. The first-order chi connectivity index (χ1) is 20.4. The molecule has 4 aliphatic rings. The van der Waals surface area contributed by atoms with Gasteiger partial charge < -0.3 is 34.7 Å². The molecule has 3 aliphatic carbocycles. The lowest BCUT2D eigenvalue weighted by molar-refractivity contribution is -0.171. The zero-order chi connectivity index (χ0) is 31.1. The lowest BCUT2D eigenvalue weighted by Gasteiger charge is -2.59. The third-order valence-electron chi connectivity index (χ3n) is 9.36. The normalized spacial score (nSPS) is 27.6. The van der Waals surface area contributed by atoms with Crippen molar-refractivity contribution in [2.45, 2.75) is 102 Å². The van der Waals surface area contributed by atoms with Gasteiger partial charge in [-0.3, -0.25) is 14.4 Å². The Balaban J connectivity index is 1.22. The van der Waals surface area contributed by atoms with Crippen LogP contribution in [0.3, 0.4) is 0 Å². The van der Waals surface area contributed by atoms with Crippen molar-refractivity contribution in [1.82, 2.24) is 10.6 Å². The first-order valence-electron chi connectivity index (χ1n) is 15.2. The van der Waals surface area contributed by atoms with Gasteiger partial charge in [-0.25, -0.2) is 4.79 Å². The maximum absolute atomic E-state index is 13.1. The van der Waals surface area contributed by atoms with Crippen molar-refractivity contribution in [2.24, 2.45) is 11.8 Å². The predicted molar refractivity (Wildman–Crippen MR) is 154 cm³/mol. The summed E-state index contributed by atoms with van der Waals surface area (Å²) in [5, 5.41) is 17.4. The molecule has 5 rings (SSSR count). The van der Waals surface area contributed by atoms with Gasteiger partial charge >= 0.3 is 11.9 Å². The average Bonchev–Trinajstić information content (AvgIpc) is 3.28. The molecule has 1 saturated carbocycles. The smallest absolute Gasteiger partial charge is 0.352 e. The number of carbonyl (C=O) groups excluding carboxylic acids is 4. The van der Waals surface area contributed by atoms with Crippen LogP contribution < -0.4 is 20.1 Å². The molecule has 1 heterocycles. The molecule has 1 aromatic rings. The molecule has 2 amide bonds. The number of methoxy groups -OCH3 is 1. The number of carbonyl (C=O) groups is 4. The number of aliphatic hydroxyl groups is 1. The first-order valence-corrected chi connectivity index (χ1v) is 15.2. The fraction of sp³-hybridized carbons (Fsp3) is 0.625. The summed E-state index contributed by atoms with van der Waals surface area (Å²) in [4.78, 5) is 49.6. The van der Waals surface area contributed by atoms with E-state index in [1.165, 1.54) is 13.8 Å². The number of amides is 2. The highest BCUT2D eigenvalue weighted by Gasteiger charge is 2.71. The summed E-state index contributed by atoms with van der Waals surface area (Å²) in [5.74, 6) is -0.458. The zero-order valence-electron chi connectivity index (χ0n) is 25.5. The van der Waals surface area contributed by atoms with Crippen molar-refractivity contribution in [1.29, 1.82) is 0 Å². The number of benzene rings is 1. The van der Waals surface area contributed by atoms with E-state index in [4.69, 9.17) is 18.9 Å². The van der Waals surface area contributed by atoms with Crippen LogP contribution in [0.15, 0.2) is 24.0 Å². The molecule has 1 fully saturated rings. The second-order valence-corrected chi connectivity index (χ2v) is 12.6. The number of nitrogens with one attached hydrogen (secondary N) is 2. The topological polar surface area (TPSA) is 149 Å². The average molecular weight is 599 g/mol. The van der Waals surface area contributed by atoms with E-state index in [2.05, 4.69) is 10.6 Å². The third-order valence-corrected chi connectivity index (χ3v) is 9.36. The van der Waals surface area contributed by atoms with Crippen LogP contribution in [0, 0.1) is 11.8 Å². The number of ether oxygens (including phenoxy) is 4. The Kier molecular flexibility index (Phi) is 8.48. The Morgan fingerprint density at radius 3 is 2.65 bits per heavy atom. The lowest BCUT2D eigenvalue weighted by atomic mass is 9.47. The molecule has 43 heavy (non-hydrogen) atoms. The fourth-order valence-electron chi connectivity index (χ4n) is 7.54. The fourth-order valence-corrected chi connectivity index (χ4v) is 7.54. The summed E-state index contributed by atoms with van der Waals surface area (Å²) in [6, 6.07) is 3.22. The molecular formula is C32H42N2O9. The van der Waals surface area contributed by atoms with Gasteiger partial charge in [-0.05, 0) is 68.6 Å². The lowest BCUT2D eigenvalue weighted by Crippen LogP contribution is -2.67. The Morgan fingerprint density at radius 1 is 1.19 bits per heavy atom. The molecule has 0 radical (unpaired) electrons. The largest absolute Gasteiger partial charge is 0.493 e. The molecule has 1 spiro atoms. The zero-order valence-corrected chi connectivity index (χ0v) is 25.5. The Bertz CT molecular complexity index is 1340. The molecule has 1 aliphatic heterocycles. The van der Waals surface area contributed by atoms with Gasteiger partial charge in [-0.2, -0.15) is 0 Å². The molecular weight excluding hydrogens is 556 g/mol. The van der Waals surface area contributed by atoms with Crippen molar-refractivity contribution in [3.8, 4) is 11.5 Å². The van der Waals surface area contributed by atoms with Gasteiger partial charge in [0.15, 0.2) is 23.7 Å². The van der Waals surface area contributed by atoms with E-state index < -0.39 is 47.1 Å². The number of hydrogen-bond donors (Lipinski definition) is 3. The van der Waals surface area contributed by atoms with Crippen LogP contribution in [0.5, 0.6) is 11.5 Å². The minimum atomic E-state index is -1.21. The van der Waals surface area contributed by atoms with Crippen LogP contribution >= 0.6 is 0 Å². The first kappa shape index (κ1) is 30.8. The second-order valence-electron chi connectivity index (χ2n) is 12.6. The van der Waals surface area contributed by atoms with Gasteiger partial charge in [0, 0.05) is 19.0 Å². The quantitative estimate of drug-likeness (QED) is 0.327. The summed E-state index contributed by atoms with van der Waals surface area (Å²) in [5.41, 5.74) is 0.281. The van der Waals surface area contributed by atoms with Crippen molar-refractivity contribution in [3.63, 3.8) is 0 Å². The Morgan fingerprint density at radius 2 is 1.95 bits per heavy atom. The van der Waals surface area contributed by atoms with Crippen LogP contribution in [0.2, 0.25) is 0 Å². The molecule has 11 heteroatoms. The molecule has 0 unspecified atom stereocenters. The molecule has 3 N–H and O–H groups in total. The van der Waals surface area contributed by atoms with E-state index in [0.717, 1.165) is 30.4 Å². The van der Waals surface area contributed by atoms with E-state index in [9.17, 15) is 24.3 Å². The molecule has 234 valence electrons. The van der Waals surface area contributed by atoms with Crippen LogP contribution in [-0.4, -0.2) is 66.4 Å². The molecule has 0 saturated heterocycles. The van der Waals surface area contributed by atoms with Gasteiger partial charge in [0.1, 0.15) is 11.8 Å². The summed E-state index contributed by atoms with van der Waals surface area (Å²) < 4.78 is 23.2. The van der Waals surface area contributed by atoms with Crippen LogP contribution in [-0.2, 0) is 40.5 Å². The summed E-state index contributed by atoms with van der Waals surface area (Å²) in [6.45, 7) is 6.63. The third kappa shape index (κ3) is 5.36. The second kappa shape index (κ2) is 11.8. The molecule has 0 aromatic heterocycles. The van der Waals surface area contributed by atoms with Gasteiger partial charge in [0.25, 0.3) is 0 Å². The van der Waals surface area contributed by atoms with Gasteiger partial charge in [-0.1, -0.05) is 26.3 Å². The highest BCUT2D eigenvalue weighted by Crippen LogP contribution is 2.67. The van der Waals surface area contributed by atoms with E-state index in [-0.39, 0.29) is 30.7 Å². The SMILES string of the molecule is COc1ccc2c3c1O[C@@H]1C(OC(=O)[C@H](C)OC(=O)CCNC(=O)[C@H](CC(C)C)NC(C)=O)=CC[C@]4(O)[C@@H](CCC[C@@]314)C2. The maximum atomic E-state index is 13.1. The van der Waals surface area contributed by atoms with Crippen LogP contribution in [0.1, 0.15) is 77.3 Å². The van der Waals surface area contributed by atoms with Crippen molar-refractivity contribution in [2.75, 3.05) is 13.7 Å². The van der Waals surface area contributed by atoms with Gasteiger partial charge in [0.2, 0.25) is 11.8 Å². The number of esters is 2. The highest BCUT2D eigenvalue weighted by molar-refractivity contribution is 5.87. The molecule has 1 aromatic carbocycles. The standard InChI is InChI=1S/C32H42N2O9/c1-17(2)15-22(34-19(4)35)29(37)33-14-11-25(36)41-18(3)30(38)42-24-10-13-32(39)21-7-6-12-31(32)26-20(16-21)8-9-23(40-5)27(26)43-28(24)31/h8-10,17-18,21-22,28,39H,6-7,11-16H2,1-5H3,(H,33,37)(H,34,35)/t18-,21-,22-,28+,31+,32-/m0/s1. The van der Waals surface area contributed by atoms with Crippen molar-refractivity contribution >= 4 is 23.8 Å². The van der Waals surface area contributed by atoms with E-state index in [1.54, 1.807) is 13.2 Å². The van der Waals surface area contributed by atoms with E-state index in [0.29, 0.717) is 36.5 Å². The molecule has 11 nitrogen and oxygen atoms in total. The highest BCUT2D eigenvalue weighted by atomic mass is 16.6. The number of rotatable bonds is 11. The molecule has 2 bridgehead atoms. The van der Waals surface area contributed by atoms with Gasteiger partial charge in [0.05, 0.1) is 24.5 Å². The minimum absolute atomic E-state index is 0.0145. The maximum Gasteiger partial charge on any atom is 0.352 e. The van der Waals surface area contributed by atoms with Crippen LogP contribution in [0.4, 0.5) is 0 Å². The Hall–Kier alpha value is -3.60.